The van der Waals surface area contributed by atoms with Crippen LogP contribution in [0, 0.1) is 0 Å². The Balaban J connectivity index is 1.71. The zero-order valence-corrected chi connectivity index (χ0v) is 17.4. The van der Waals surface area contributed by atoms with E-state index in [4.69, 9.17) is 10.2 Å². The van der Waals surface area contributed by atoms with Crippen molar-refractivity contribution >= 4 is 29.5 Å². The molecule has 1 aliphatic rings. The largest absolute Gasteiger partial charge is 0.467 e. The summed E-state index contributed by atoms with van der Waals surface area (Å²) in [5.41, 5.74) is 6.56. The van der Waals surface area contributed by atoms with Crippen molar-refractivity contribution in [2.75, 3.05) is 5.88 Å². The molecule has 1 fully saturated rings. The number of amides is 3. The van der Waals surface area contributed by atoms with Gasteiger partial charge in [-0.2, -0.15) is 0 Å². The van der Waals surface area contributed by atoms with Gasteiger partial charge in [0, 0.05) is 0 Å². The number of carbonyl (C=O) groups excluding carboxylic acids is 3. The maximum absolute atomic E-state index is 12.9. The smallest absolute Gasteiger partial charge is 0.252 e. The summed E-state index contributed by atoms with van der Waals surface area (Å²) in [5, 5.41) is 13.2. The van der Waals surface area contributed by atoms with Gasteiger partial charge >= 0.3 is 0 Å². The normalized spacial score (nSPS) is 21.9. The van der Waals surface area contributed by atoms with Gasteiger partial charge < -0.3 is 25.5 Å². The molecule has 1 aromatic carbocycles. The van der Waals surface area contributed by atoms with E-state index in [-0.39, 0.29) is 18.8 Å². The number of primary amides is 1. The number of nitrogens with zero attached hydrogens (tertiary/aromatic N) is 1. The molecule has 160 valence electrons. The highest BCUT2D eigenvalue weighted by Crippen LogP contribution is 2.40. The van der Waals surface area contributed by atoms with Crippen molar-refractivity contribution in [2.24, 2.45) is 5.73 Å². The summed E-state index contributed by atoms with van der Waals surface area (Å²) in [6.07, 6.45) is 0.913. The first-order valence-electron chi connectivity index (χ1n) is 9.59. The van der Waals surface area contributed by atoms with Crippen molar-refractivity contribution in [3.63, 3.8) is 0 Å². The number of furan rings is 1. The van der Waals surface area contributed by atoms with E-state index in [1.165, 1.54) is 11.2 Å². The number of nitrogens with one attached hydrogen (secondary N) is 1. The van der Waals surface area contributed by atoms with Crippen molar-refractivity contribution in [2.45, 2.75) is 43.2 Å². The van der Waals surface area contributed by atoms with E-state index in [9.17, 15) is 19.5 Å². The van der Waals surface area contributed by atoms with Crippen LogP contribution in [-0.4, -0.2) is 50.5 Å². The summed E-state index contributed by atoms with van der Waals surface area (Å²) in [4.78, 5) is 39.2. The lowest BCUT2D eigenvalue weighted by Gasteiger charge is -2.31. The molecule has 0 saturated carbocycles. The highest BCUT2D eigenvalue weighted by atomic mass is 32.2. The number of hydrogen-bond donors (Lipinski definition) is 3. The van der Waals surface area contributed by atoms with Crippen LogP contribution in [0.3, 0.4) is 0 Å². The molecule has 1 aliphatic heterocycles. The lowest BCUT2D eigenvalue weighted by atomic mass is 9.97. The standard InChI is InChI=1S/C21H25N3O5S/c1-21(20(22)28)17(18(26)23-12-15-8-5-11-29-15)24(13-30-21)19(27)16(25)10-9-14-6-3-2-4-7-14/h2-8,11,16-17,25H,9-10,12-13H2,1H3,(H2,22,28)(H,23,26). The monoisotopic (exact) mass is 431 g/mol. The zero-order valence-electron chi connectivity index (χ0n) is 16.6. The van der Waals surface area contributed by atoms with E-state index in [0.717, 1.165) is 17.3 Å². The molecule has 4 N–H and O–H groups in total. The van der Waals surface area contributed by atoms with Gasteiger partial charge in [0.25, 0.3) is 5.91 Å². The number of carbonyl (C=O) groups is 3. The zero-order chi connectivity index (χ0) is 21.7. The molecule has 1 saturated heterocycles. The van der Waals surface area contributed by atoms with E-state index >= 15 is 0 Å². The Labute approximate surface area is 178 Å². The first kappa shape index (κ1) is 21.9. The first-order valence-corrected chi connectivity index (χ1v) is 10.6. The van der Waals surface area contributed by atoms with Gasteiger partial charge in [0.1, 0.15) is 22.7 Å². The summed E-state index contributed by atoms with van der Waals surface area (Å²) < 4.78 is 3.90. The minimum atomic E-state index is -1.30. The Bertz CT molecular complexity index is 889. The van der Waals surface area contributed by atoms with Gasteiger partial charge in [0.2, 0.25) is 11.8 Å². The quantitative estimate of drug-likeness (QED) is 0.573. The average Bonchev–Trinajstić information content (AvgIpc) is 3.39. The van der Waals surface area contributed by atoms with Gasteiger partial charge in [-0.15, -0.1) is 11.8 Å². The van der Waals surface area contributed by atoms with Gasteiger partial charge in [-0.3, -0.25) is 14.4 Å². The lowest BCUT2D eigenvalue weighted by Crippen LogP contribution is -2.59. The first-order chi connectivity index (χ1) is 14.3. The van der Waals surface area contributed by atoms with E-state index in [1.54, 1.807) is 19.1 Å². The van der Waals surface area contributed by atoms with Crippen molar-refractivity contribution in [3.8, 4) is 0 Å². The molecule has 2 heterocycles. The molecule has 9 heteroatoms. The Morgan fingerprint density at radius 3 is 2.67 bits per heavy atom. The summed E-state index contributed by atoms with van der Waals surface area (Å²) in [5.74, 6) is -1.20. The van der Waals surface area contributed by atoms with Gasteiger partial charge in [0.05, 0.1) is 18.7 Å². The second kappa shape index (κ2) is 9.36. The molecule has 0 bridgehead atoms. The van der Waals surface area contributed by atoms with Crippen molar-refractivity contribution in [3.05, 3.63) is 60.1 Å². The van der Waals surface area contributed by atoms with Crippen LogP contribution in [0.15, 0.2) is 53.1 Å². The Morgan fingerprint density at radius 2 is 2.03 bits per heavy atom. The molecule has 0 aliphatic carbocycles. The molecule has 3 rings (SSSR count). The van der Waals surface area contributed by atoms with Crippen LogP contribution in [0.2, 0.25) is 0 Å². The summed E-state index contributed by atoms with van der Waals surface area (Å²) in [6.45, 7) is 1.65. The van der Waals surface area contributed by atoms with E-state index in [0.29, 0.717) is 12.2 Å². The second-order valence-corrected chi connectivity index (χ2v) is 8.69. The third kappa shape index (κ3) is 4.68. The van der Waals surface area contributed by atoms with Crippen LogP contribution >= 0.6 is 11.8 Å². The summed E-state index contributed by atoms with van der Waals surface area (Å²) in [6, 6.07) is 11.8. The average molecular weight is 432 g/mol. The molecule has 1 aromatic heterocycles. The molecule has 0 spiro atoms. The van der Waals surface area contributed by atoms with E-state index in [1.807, 2.05) is 30.3 Å². The van der Waals surface area contributed by atoms with Crippen molar-refractivity contribution in [1.29, 1.82) is 0 Å². The Hall–Kier alpha value is -2.78. The Morgan fingerprint density at radius 1 is 1.30 bits per heavy atom. The highest BCUT2D eigenvalue weighted by Gasteiger charge is 2.55. The molecular weight excluding hydrogens is 406 g/mol. The molecule has 3 amide bonds. The van der Waals surface area contributed by atoms with Crippen molar-refractivity contribution in [1.82, 2.24) is 10.2 Å². The van der Waals surface area contributed by atoms with Crippen LogP contribution in [-0.2, 0) is 27.3 Å². The van der Waals surface area contributed by atoms with Crippen LogP contribution in [0.1, 0.15) is 24.7 Å². The van der Waals surface area contributed by atoms with Gasteiger partial charge in [0.15, 0.2) is 0 Å². The van der Waals surface area contributed by atoms with Crippen molar-refractivity contribution < 1.29 is 23.9 Å². The maximum Gasteiger partial charge on any atom is 0.252 e. The summed E-state index contributed by atoms with van der Waals surface area (Å²) in [7, 11) is 0. The predicted octanol–water partition coefficient (Wildman–Crippen LogP) is 1.04. The van der Waals surface area contributed by atoms with Crippen LogP contribution in [0.4, 0.5) is 0 Å². The third-order valence-electron chi connectivity index (χ3n) is 5.21. The number of hydrogen-bond acceptors (Lipinski definition) is 6. The Kier molecular flexibility index (Phi) is 6.84. The number of rotatable bonds is 8. The molecule has 3 unspecified atom stereocenters. The van der Waals surface area contributed by atoms with Crippen LogP contribution in [0.25, 0.3) is 0 Å². The number of aryl methyl sites for hydroxylation is 1. The maximum atomic E-state index is 12.9. The lowest BCUT2D eigenvalue weighted by molar-refractivity contribution is -0.147. The van der Waals surface area contributed by atoms with Gasteiger partial charge in [-0.1, -0.05) is 30.3 Å². The highest BCUT2D eigenvalue weighted by molar-refractivity contribution is 8.01. The fourth-order valence-electron chi connectivity index (χ4n) is 3.39. The second-order valence-electron chi connectivity index (χ2n) is 7.29. The SMILES string of the molecule is CC1(C(N)=O)SCN(C(=O)C(O)CCc2ccccc2)C1C(=O)NCc1ccco1. The molecule has 30 heavy (non-hydrogen) atoms. The molecule has 3 atom stereocenters. The molecule has 0 radical (unpaired) electrons. The number of benzene rings is 1. The van der Waals surface area contributed by atoms with E-state index < -0.39 is 34.6 Å². The minimum Gasteiger partial charge on any atom is -0.467 e. The number of aliphatic hydroxyl groups is 1. The van der Waals surface area contributed by atoms with Gasteiger partial charge in [-0.05, 0) is 37.5 Å². The minimum absolute atomic E-state index is 0.0828. The fraction of sp³-hybridized carbons (Fsp3) is 0.381. The van der Waals surface area contributed by atoms with Crippen LogP contribution in [0.5, 0.6) is 0 Å². The number of thioether (sulfide) groups is 1. The molecule has 8 nitrogen and oxygen atoms in total. The fourth-order valence-corrected chi connectivity index (χ4v) is 4.61. The van der Waals surface area contributed by atoms with Gasteiger partial charge in [-0.25, -0.2) is 0 Å². The predicted molar refractivity (Wildman–Crippen MR) is 112 cm³/mol. The topological polar surface area (TPSA) is 126 Å². The van der Waals surface area contributed by atoms with Crippen LogP contribution < -0.4 is 11.1 Å². The summed E-state index contributed by atoms with van der Waals surface area (Å²) >= 11 is 1.12. The molecular formula is C21H25N3O5S. The third-order valence-corrected chi connectivity index (χ3v) is 6.64. The number of nitrogens with two attached hydrogens (primary N) is 1. The molecule has 2 aromatic rings. The number of aliphatic hydroxyl groups excluding tert-OH is 1. The van der Waals surface area contributed by atoms with E-state index in [2.05, 4.69) is 5.32 Å².